The molecule has 2 aromatic carbocycles. The van der Waals surface area contributed by atoms with Crippen LogP contribution in [0.25, 0.3) is 6.08 Å². The summed E-state index contributed by atoms with van der Waals surface area (Å²) in [6.45, 7) is 3.48. The van der Waals surface area contributed by atoms with Gasteiger partial charge < -0.3 is 14.2 Å². The number of hydrogen-bond donors (Lipinski definition) is 0. The van der Waals surface area contributed by atoms with Gasteiger partial charge in [-0.1, -0.05) is 24.8 Å². The van der Waals surface area contributed by atoms with Crippen molar-refractivity contribution in [3.8, 4) is 11.5 Å². The number of carbonyl (C=O) groups is 2. The van der Waals surface area contributed by atoms with Crippen molar-refractivity contribution < 1.29 is 41.4 Å². The maximum atomic E-state index is 14.3. The van der Waals surface area contributed by atoms with E-state index in [-0.39, 0.29) is 18.8 Å². The van der Waals surface area contributed by atoms with Crippen molar-refractivity contribution >= 4 is 18.0 Å². The molecule has 1 heterocycles. The molecular weight excluding hydrogens is 384 g/mol. The summed E-state index contributed by atoms with van der Waals surface area (Å²) < 4.78 is 71.1. The molecule has 3 rings (SSSR count). The zero-order valence-electron chi connectivity index (χ0n) is 14.1. The Balaban J connectivity index is 1.93. The molecule has 0 aromatic heterocycles. The van der Waals surface area contributed by atoms with E-state index in [0.29, 0.717) is 5.56 Å². The molecule has 2 aromatic rings. The molecule has 1 aliphatic rings. The lowest BCUT2D eigenvalue weighted by molar-refractivity contribution is -0.145. The van der Waals surface area contributed by atoms with Gasteiger partial charge in [0.15, 0.2) is 11.6 Å². The Labute approximate surface area is 156 Å². The first kappa shape index (κ1) is 19.4. The third-order valence-electron chi connectivity index (χ3n) is 3.90. The van der Waals surface area contributed by atoms with Crippen LogP contribution in [0.3, 0.4) is 0 Å². The van der Waals surface area contributed by atoms with Crippen molar-refractivity contribution in [3.63, 3.8) is 0 Å². The van der Waals surface area contributed by atoms with Crippen molar-refractivity contribution in [2.45, 2.75) is 12.5 Å². The van der Waals surface area contributed by atoms with Crippen LogP contribution in [0.4, 0.5) is 17.6 Å². The highest BCUT2D eigenvalue weighted by Crippen LogP contribution is 2.34. The number of hydrogen-bond acceptors (Lipinski definition) is 5. The number of rotatable bonds is 5. The van der Waals surface area contributed by atoms with Gasteiger partial charge in [0.25, 0.3) is 0 Å². The molecule has 5 nitrogen and oxygen atoms in total. The summed E-state index contributed by atoms with van der Waals surface area (Å²) in [5.74, 6) is -12.0. The Morgan fingerprint density at radius 3 is 2.18 bits per heavy atom. The van der Waals surface area contributed by atoms with Gasteiger partial charge in [-0.25, -0.2) is 18.4 Å². The minimum Gasteiger partial charge on any atom is -0.463 e. The number of cyclic esters (lactones) is 1. The summed E-state index contributed by atoms with van der Waals surface area (Å²) >= 11 is 0. The van der Waals surface area contributed by atoms with E-state index >= 15 is 0 Å². The quantitative estimate of drug-likeness (QED) is 0.432. The molecule has 0 radical (unpaired) electrons. The van der Waals surface area contributed by atoms with E-state index in [9.17, 15) is 27.2 Å². The van der Waals surface area contributed by atoms with Crippen LogP contribution in [0, 0.1) is 23.3 Å². The largest absolute Gasteiger partial charge is 0.463 e. The minimum atomic E-state index is -2.01. The van der Waals surface area contributed by atoms with Gasteiger partial charge in [-0.2, -0.15) is 8.78 Å². The van der Waals surface area contributed by atoms with Gasteiger partial charge in [0, 0.05) is 6.42 Å². The van der Waals surface area contributed by atoms with Crippen molar-refractivity contribution in [1.29, 1.82) is 0 Å². The molecule has 0 spiro atoms. The maximum Gasteiger partial charge on any atom is 0.347 e. The van der Waals surface area contributed by atoms with Crippen molar-refractivity contribution in [2.75, 3.05) is 6.61 Å². The first-order chi connectivity index (χ1) is 13.3. The van der Waals surface area contributed by atoms with Crippen LogP contribution in [0.5, 0.6) is 11.5 Å². The molecular formula is C19H12F4O5. The predicted molar refractivity (Wildman–Crippen MR) is 87.7 cm³/mol. The van der Waals surface area contributed by atoms with E-state index in [1.807, 2.05) is 0 Å². The summed E-state index contributed by atoms with van der Waals surface area (Å²) in [6.07, 6.45) is 0.0580. The maximum absolute atomic E-state index is 14.3. The second kappa shape index (κ2) is 7.71. The monoisotopic (exact) mass is 396 g/mol. The lowest BCUT2D eigenvalue weighted by Crippen LogP contribution is -2.24. The number of benzene rings is 2. The highest BCUT2D eigenvalue weighted by atomic mass is 19.2. The van der Waals surface area contributed by atoms with Gasteiger partial charge in [-0.15, -0.1) is 0 Å². The minimum absolute atomic E-state index is 0.0410. The van der Waals surface area contributed by atoms with E-state index in [0.717, 1.165) is 0 Å². The Morgan fingerprint density at radius 1 is 1.07 bits per heavy atom. The van der Waals surface area contributed by atoms with E-state index < -0.39 is 52.6 Å². The standard InChI is InChI=1S/C19H12F4O5/c1-2-9-3-5-10(6-4-9)27-17-15(22)13(20)12(14(21)16(17)23)19(25)28-11-7-8-26-18(11)24/h2-6,11H,1,7-8H2. The Bertz CT molecular complexity index is 927. The molecule has 0 amide bonds. The molecule has 0 N–H and O–H groups in total. The van der Waals surface area contributed by atoms with Crippen LogP contribution in [-0.4, -0.2) is 24.6 Å². The molecule has 0 aliphatic carbocycles. The highest BCUT2D eigenvalue weighted by Gasteiger charge is 2.36. The Kier molecular flexibility index (Phi) is 5.34. The lowest BCUT2D eigenvalue weighted by atomic mass is 10.1. The summed E-state index contributed by atoms with van der Waals surface area (Å²) in [4.78, 5) is 23.2. The molecule has 1 saturated heterocycles. The number of halogens is 4. The Morgan fingerprint density at radius 2 is 1.68 bits per heavy atom. The average Bonchev–Trinajstić information content (AvgIpc) is 3.09. The van der Waals surface area contributed by atoms with Gasteiger partial charge in [-0.3, -0.25) is 0 Å². The van der Waals surface area contributed by atoms with Gasteiger partial charge >= 0.3 is 11.9 Å². The van der Waals surface area contributed by atoms with E-state index in [1.165, 1.54) is 30.3 Å². The van der Waals surface area contributed by atoms with Crippen molar-refractivity contribution in [1.82, 2.24) is 0 Å². The molecule has 28 heavy (non-hydrogen) atoms. The molecule has 146 valence electrons. The highest BCUT2D eigenvalue weighted by molar-refractivity contribution is 5.92. The third-order valence-corrected chi connectivity index (χ3v) is 3.90. The topological polar surface area (TPSA) is 61.8 Å². The lowest BCUT2D eigenvalue weighted by Gasteiger charge is -2.13. The van der Waals surface area contributed by atoms with Gasteiger partial charge in [0.2, 0.25) is 23.5 Å². The summed E-state index contributed by atoms with van der Waals surface area (Å²) in [5.41, 5.74) is -0.932. The smallest absolute Gasteiger partial charge is 0.347 e. The fraction of sp³-hybridized carbons (Fsp3) is 0.158. The third kappa shape index (κ3) is 3.55. The average molecular weight is 396 g/mol. The predicted octanol–water partition coefficient (Wildman–Crippen LogP) is 4.15. The number of carbonyl (C=O) groups excluding carboxylic acids is 2. The van der Waals surface area contributed by atoms with Crippen LogP contribution in [-0.2, 0) is 14.3 Å². The van der Waals surface area contributed by atoms with E-state index in [2.05, 4.69) is 16.1 Å². The van der Waals surface area contributed by atoms with E-state index in [1.54, 1.807) is 0 Å². The Hall–Kier alpha value is -3.36. The van der Waals surface area contributed by atoms with Crippen molar-refractivity contribution in [3.05, 3.63) is 65.2 Å². The number of ether oxygens (including phenoxy) is 3. The molecule has 0 saturated carbocycles. The summed E-state index contributed by atoms with van der Waals surface area (Å²) in [6, 6.07) is 5.60. The molecule has 0 bridgehead atoms. The molecule has 9 heteroatoms. The van der Waals surface area contributed by atoms with Crippen LogP contribution in [0.2, 0.25) is 0 Å². The molecule has 1 aliphatic heterocycles. The summed E-state index contributed by atoms with van der Waals surface area (Å²) in [7, 11) is 0. The van der Waals surface area contributed by atoms with Crippen LogP contribution >= 0.6 is 0 Å². The second-order valence-electron chi connectivity index (χ2n) is 5.69. The fourth-order valence-electron chi connectivity index (χ4n) is 2.44. The first-order valence-electron chi connectivity index (χ1n) is 7.97. The van der Waals surface area contributed by atoms with Crippen LogP contribution in [0.1, 0.15) is 22.3 Å². The SMILES string of the molecule is C=Cc1ccc(Oc2c(F)c(F)c(C(=O)OC3CCOC3=O)c(F)c2F)cc1. The zero-order chi connectivity index (χ0) is 20.4. The normalized spacial score (nSPS) is 15.9. The number of esters is 2. The zero-order valence-corrected chi connectivity index (χ0v) is 14.1. The first-order valence-corrected chi connectivity index (χ1v) is 7.97. The van der Waals surface area contributed by atoms with E-state index in [4.69, 9.17) is 4.74 Å². The second-order valence-corrected chi connectivity index (χ2v) is 5.69. The van der Waals surface area contributed by atoms with Crippen LogP contribution < -0.4 is 4.74 Å². The van der Waals surface area contributed by atoms with Gasteiger partial charge in [-0.05, 0) is 17.7 Å². The van der Waals surface area contributed by atoms with Gasteiger partial charge in [0.1, 0.15) is 11.3 Å². The van der Waals surface area contributed by atoms with Crippen LogP contribution in [0.15, 0.2) is 30.8 Å². The van der Waals surface area contributed by atoms with Crippen molar-refractivity contribution in [2.24, 2.45) is 0 Å². The molecule has 1 unspecified atom stereocenters. The van der Waals surface area contributed by atoms with Gasteiger partial charge in [0.05, 0.1) is 6.61 Å². The molecule has 1 fully saturated rings. The molecule has 1 atom stereocenters. The summed E-state index contributed by atoms with van der Waals surface area (Å²) in [5, 5.41) is 0. The fourth-order valence-corrected chi connectivity index (χ4v) is 2.44.